The maximum atomic E-state index is 3.45. The average Bonchev–Trinajstić information content (AvgIpc) is 2.19. The lowest BCUT2D eigenvalue weighted by molar-refractivity contribution is 0.592. The lowest BCUT2D eigenvalue weighted by atomic mass is 10.1. The Hall–Kier alpha value is -1.24. The van der Waals surface area contributed by atoms with E-state index >= 15 is 0 Å². The van der Waals surface area contributed by atoms with Gasteiger partial charge in [-0.2, -0.15) is 0 Å². The van der Waals surface area contributed by atoms with Crippen LogP contribution in [0.15, 0.2) is 30.0 Å². The van der Waals surface area contributed by atoms with Gasteiger partial charge in [-0.3, -0.25) is 0 Å². The van der Waals surface area contributed by atoms with E-state index in [0.29, 0.717) is 0 Å². The second-order valence-electron chi connectivity index (χ2n) is 3.97. The number of benzene rings is 1. The molecule has 1 heteroatoms. The van der Waals surface area contributed by atoms with Gasteiger partial charge in [0.25, 0.3) is 0 Å². The smallest absolute Gasteiger partial charge is 0.0144 e. The van der Waals surface area contributed by atoms with Gasteiger partial charge in [-0.25, -0.2) is 0 Å². The molecule has 14 heavy (non-hydrogen) atoms. The van der Waals surface area contributed by atoms with Crippen LogP contribution in [-0.4, -0.2) is 6.54 Å². The molecule has 0 aromatic heterocycles. The Balaban J connectivity index is 2.15. The molecule has 1 aliphatic rings. The van der Waals surface area contributed by atoms with E-state index in [1.165, 1.54) is 36.1 Å². The maximum Gasteiger partial charge on any atom is 0.0144 e. The van der Waals surface area contributed by atoms with E-state index in [0.717, 1.165) is 6.54 Å². The number of piperidine rings is 1. The standard InChI is InChI=1S/C13H17N/c1-11-5-4-6-12(9-11)10-13-7-2-3-8-14-13/h4-6,9-10,14H,2-3,7-8H2,1H3/b13-10-. The highest BCUT2D eigenvalue weighted by Crippen LogP contribution is 2.15. The lowest BCUT2D eigenvalue weighted by Crippen LogP contribution is -2.19. The molecule has 0 unspecified atom stereocenters. The summed E-state index contributed by atoms with van der Waals surface area (Å²) < 4.78 is 0. The predicted molar refractivity (Wildman–Crippen MR) is 61.0 cm³/mol. The fourth-order valence-corrected chi connectivity index (χ4v) is 1.86. The summed E-state index contributed by atoms with van der Waals surface area (Å²) in [6, 6.07) is 8.64. The van der Waals surface area contributed by atoms with Gasteiger partial charge in [-0.15, -0.1) is 0 Å². The van der Waals surface area contributed by atoms with Crippen LogP contribution in [0.1, 0.15) is 30.4 Å². The van der Waals surface area contributed by atoms with Crippen molar-refractivity contribution >= 4 is 6.08 Å². The summed E-state index contributed by atoms with van der Waals surface area (Å²) in [6.07, 6.45) is 6.11. The predicted octanol–water partition coefficient (Wildman–Crippen LogP) is 3.11. The molecular weight excluding hydrogens is 170 g/mol. The molecule has 1 nitrogen and oxygen atoms in total. The quantitative estimate of drug-likeness (QED) is 0.712. The first kappa shape index (κ1) is 9.32. The van der Waals surface area contributed by atoms with E-state index in [9.17, 15) is 0 Å². The second kappa shape index (κ2) is 4.32. The third-order valence-corrected chi connectivity index (χ3v) is 2.61. The topological polar surface area (TPSA) is 12.0 Å². The third-order valence-electron chi connectivity index (χ3n) is 2.61. The summed E-state index contributed by atoms with van der Waals surface area (Å²) in [5.41, 5.74) is 4.03. The third kappa shape index (κ3) is 2.38. The molecule has 1 fully saturated rings. The van der Waals surface area contributed by atoms with E-state index in [2.05, 4.69) is 42.6 Å². The molecule has 0 aliphatic carbocycles. The summed E-state index contributed by atoms with van der Waals surface area (Å²) in [5, 5.41) is 3.45. The molecule has 1 N–H and O–H groups in total. The molecule has 0 bridgehead atoms. The fourth-order valence-electron chi connectivity index (χ4n) is 1.86. The van der Waals surface area contributed by atoms with Crippen LogP contribution in [0, 0.1) is 6.92 Å². The fraction of sp³-hybridized carbons (Fsp3) is 0.385. The van der Waals surface area contributed by atoms with Crippen LogP contribution in [0.3, 0.4) is 0 Å². The lowest BCUT2D eigenvalue weighted by Gasteiger charge is -2.16. The molecule has 0 saturated carbocycles. The van der Waals surface area contributed by atoms with Crippen molar-refractivity contribution in [3.63, 3.8) is 0 Å². The highest BCUT2D eigenvalue weighted by atomic mass is 14.9. The number of aryl methyl sites for hydroxylation is 1. The van der Waals surface area contributed by atoms with Crippen LogP contribution in [-0.2, 0) is 0 Å². The molecule has 0 amide bonds. The minimum Gasteiger partial charge on any atom is -0.388 e. The number of rotatable bonds is 1. The Bertz CT molecular complexity index is 331. The summed E-state index contributed by atoms with van der Waals surface area (Å²) >= 11 is 0. The zero-order valence-electron chi connectivity index (χ0n) is 8.72. The molecule has 1 aromatic carbocycles. The van der Waals surface area contributed by atoms with E-state index in [1.54, 1.807) is 0 Å². The van der Waals surface area contributed by atoms with Crippen LogP contribution in [0.4, 0.5) is 0 Å². The largest absolute Gasteiger partial charge is 0.388 e. The van der Waals surface area contributed by atoms with Crippen molar-refractivity contribution < 1.29 is 0 Å². The normalized spacial score (nSPS) is 19.4. The molecular formula is C13H17N. The van der Waals surface area contributed by atoms with Gasteiger partial charge in [0.05, 0.1) is 0 Å². The summed E-state index contributed by atoms with van der Waals surface area (Å²) in [4.78, 5) is 0. The first-order valence-corrected chi connectivity index (χ1v) is 5.36. The SMILES string of the molecule is Cc1cccc(/C=C2/CCCCN2)c1. The van der Waals surface area contributed by atoms with Gasteiger partial charge in [0.2, 0.25) is 0 Å². The Morgan fingerprint density at radius 2 is 2.21 bits per heavy atom. The monoisotopic (exact) mass is 187 g/mol. The average molecular weight is 187 g/mol. The Kier molecular flexibility index (Phi) is 2.87. The Morgan fingerprint density at radius 3 is 2.93 bits per heavy atom. The molecule has 74 valence electrons. The minimum atomic E-state index is 1.14. The van der Waals surface area contributed by atoms with Gasteiger partial charge in [0.1, 0.15) is 0 Å². The van der Waals surface area contributed by atoms with Gasteiger partial charge < -0.3 is 5.32 Å². The molecule has 1 aromatic rings. The molecule has 1 saturated heterocycles. The summed E-state index contributed by atoms with van der Waals surface area (Å²) in [5.74, 6) is 0. The summed E-state index contributed by atoms with van der Waals surface area (Å²) in [7, 11) is 0. The van der Waals surface area contributed by atoms with E-state index in [4.69, 9.17) is 0 Å². The molecule has 1 aliphatic heterocycles. The van der Waals surface area contributed by atoms with Gasteiger partial charge in [0.15, 0.2) is 0 Å². The number of allylic oxidation sites excluding steroid dienone is 1. The van der Waals surface area contributed by atoms with Crippen molar-refractivity contribution in [3.05, 3.63) is 41.1 Å². The Morgan fingerprint density at radius 1 is 1.29 bits per heavy atom. The zero-order valence-corrected chi connectivity index (χ0v) is 8.72. The van der Waals surface area contributed by atoms with Gasteiger partial charge in [0, 0.05) is 12.2 Å². The van der Waals surface area contributed by atoms with Crippen LogP contribution < -0.4 is 5.32 Å². The maximum absolute atomic E-state index is 3.45. The molecule has 0 radical (unpaired) electrons. The van der Waals surface area contributed by atoms with E-state index in [-0.39, 0.29) is 0 Å². The van der Waals surface area contributed by atoms with Crippen molar-refractivity contribution in [2.24, 2.45) is 0 Å². The van der Waals surface area contributed by atoms with Crippen molar-refractivity contribution in [3.8, 4) is 0 Å². The van der Waals surface area contributed by atoms with Crippen LogP contribution >= 0.6 is 0 Å². The molecule has 0 atom stereocenters. The van der Waals surface area contributed by atoms with Gasteiger partial charge >= 0.3 is 0 Å². The van der Waals surface area contributed by atoms with E-state index in [1.807, 2.05) is 0 Å². The number of nitrogens with one attached hydrogen (secondary N) is 1. The van der Waals surface area contributed by atoms with Gasteiger partial charge in [-0.05, 0) is 37.8 Å². The first-order valence-electron chi connectivity index (χ1n) is 5.36. The van der Waals surface area contributed by atoms with Crippen molar-refractivity contribution in [2.45, 2.75) is 26.2 Å². The molecule has 0 spiro atoms. The van der Waals surface area contributed by atoms with Gasteiger partial charge in [-0.1, -0.05) is 29.8 Å². The molecule has 1 heterocycles. The van der Waals surface area contributed by atoms with Crippen LogP contribution in [0.5, 0.6) is 0 Å². The highest BCUT2D eigenvalue weighted by Gasteiger charge is 2.03. The molecule has 2 rings (SSSR count). The van der Waals surface area contributed by atoms with E-state index < -0.39 is 0 Å². The Labute approximate surface area is 85.8 Å². The summed E-state index contributed by atoms with van der Waals surface area (Å²) in [6.45, 7) is 3.27. The van der Waals surface area contributed by atoms with Crippen molar-refractivity contribution in [2.75, 3.05) is 6.54 Å². The second-order valence-corrected chi connectivity index (χ2v) is 3.97. The van der Waals surface area contributed by atoms with Crippen LogP contribution in [0.2, 0.25) is 0 Å². The van der Waals surface area contributed by atoms with Crippen molar-refractivity contribution in [1.82, 2.24) is 5.32 Å². The first-order chi connectivity index (χ1) is 6.84. The van der Waals surface area contributed by atoms with Crippen LogP contribution in [0.25, 0.3) is 6.08 Å². The highest BCUT2D eigenvalue weighted by molar-refractivity contribution is 5.53. The minimum absolute atomic E-state index is 1.14. The number of hydrogen-bond donors (Lipinski definition) is 1. The van der Waals surface area contributed by atoms with Crippen molar-refractivity contribution in [1.29, 1.82) is 0 Å². The number of hydrogen-bond acceptors (Lipinski definition) is 1. The zero-order chi connectivity index (χ0) is 9.80.